The maximum atomic E-state index is 14.6. The molecule has 3 aliphatic heterocycles. The molecule has 0 saturated carbocycles. The molecule has 3 aromatic carbocycles. The fourth-order valence-corrected chi connectivity index (χ4v) is 9.59. The number of para-hydroxylation sites is 1. The number of carbonyl (C=O) groups excluding carboxylic acids is 3. The van der Waals surface area contributed by atoms with Crippen molar-refractivity contribution in [2.24, 2.45) is 11.8 Å². The minimum absolute atomic E-state index is 0.207. The van der Waals surface area contributed by atoms with E-state index in [4.69, 9.17) is 0 Å². The largest absolute Gasteiger partial charge is 0.394 e. The van der Waals surface area contributed by atoms with Gasteiger partial charge in [-0.15, -0.1) is 11.8 Å². The molecule has 41 heavy (non-hydrogen) atoms. The van der Waals surface area contributed by atoms with Gasteiger partial charge in [-0.05, 0) is 68.5 Å². The Morgan fingerprint density at radius 2 is 1.66 bits per heavy atom. The monoisotopic (exact) mass is 569 g/mol. The van der Waals surface area contributed by atoms with Gasteiger partial charge in [0, 0.05) is 16.1 Å². The van der Waals surface area contributed by atoms with Crippen LogP contribution in [0.3, 0.4) is 0 Å². The molecule has 0 aromatic heterocycles. The molecule has 7 nitrogen and oxygen atoms in total. The van der Waals surface area contributed by atoms with Crippen LogP contribution in [-0.2, 0) is 14.4 Å². The highest BCUT2D eigenvalue weighted by atomic mass is 32.2. The maximum Gasteiger partial charge on any atom is 0.248 e. The average Bonchev–Trinajstić information content (AvgIpc) is 3.53. The molecule has 3 aromatic rings. The number of rotatable bonds is 7. The second-order valence-corrected chi connectivity index (χ2v) is 13.6. The zero-order chi connectivity index (χ0) is 28.9. The molecular formula is C33H35N3O4S. The number of aliphatic hydroxyl groups is 1. The topological polar surface area (TPSA) is 98.7 Å². The Morgan fingerprint density at radius 1 is 0.976 bits per heavy atom. The molecular weight excluding hydrogens is 534 g/mol. The molecule has 1 spiro atoms. The second kappa shape index (κ2) is 10.3. The molecule has 2 bridgehead atoms. The lowest BCUT2D eigenvalue weighted by Crippen LogP contribution is -2.52. The van der Waals surface area contributed by atoms with Crippen molar-refractivity contribution in [2.45, 2.75) is 55.2 Å². The van der Waals surface area contributed by atoms with Gasteiger partial charge in [-0.2, -0.15) is 0 Å². The van der Waals surface area contributed by atoms with Crippen LogP contribution in [0.25, 0.3) is 0 Å². The maximum absolute atomic E-state index is 14.6. The minimum atomic E-state index is -0.862. The fraction of sp³-hybridized carbons (Fsp3) is 0.364. The van der Waals surface area contributed by atoms with Crippen molar-refractivity contribution < 1.29 is 19.5 Å². The number of hydrogen-bond acceptors (Lipinski definition) is 5. The first-order valence-corrected chi connectivity index (χ1v) is 14.9. The van der Waals surface area contributed by atoms with Crippen LogP contribution in [0.15, 0.2) is 78.9 Å². The van der Waals surface area contributed by atoms with Gasteiger partial charge in [0.25, 0.3) is 0 Å². The molecule has 3 amide bonds. The predicted molar refractivity (Wildman–Crippen MR) is 161 cm³/mol. The number of nitrogens with one attached hydrogen (secondary N) is 2. The lowest BCUT2D eigenvalue weighted by molar-refractivity contribution is -0.141. The number of benzene rings is 3. The van der Waals surface area contributed by atoms with Crippen molar-refractivity contribution in [1.29, 1.82) is 0 Å². The SMILES string of the molecule is Cc1ccc(C)c(NC(=O)C2N([C@H](CO)c3ccccc3)C(=O)[C@@H]3[C@@H](C(=O)Nc4ccccc4)[C@@]4(C)CCC23S4)c1. The molecule has 3 aliphatic rings. The van der Waals surface area contributed by atoms with Crippen molar-refractivity contribution in [2.75, 3.05) is 17.2 Å². The molecule has 3 N–H and O–H groups in total. The van der Waals surface area contributed by atoms with Crippen LogP contribution >= 0.6 is 11.8 Å². The van der Waals surface area contributed by atoms with E-state index in [1.165, 1.54) is 0 Å². The standard InChI is InChI=1S/C33H35N3O4S/c1-20-14-15-21(2)24(18-20)35-30(39)28-33-17-16-32(3,41-33)26(29(38)34-23-12-8-5-9-13-23)27(33)31(40)36(28)25(19-37)22-10-6-4-7-11-22/h4-15,18,25-28,37H,16-17,19H2,1-3H3,(H,34,38)(H,35,39)/t25-,26+,27+,28?,32-,33?/m1/s1. The van der Waals surface area contributed by atoms with Crippen LogP contribution in [0, 0.1) is 25.7 Å². The van der Waals surface area contributed by atoms with E-state index in [1.54, 1.807) is 16.7 Å². The third-order valence-electron chi connectivity index (χ3n) is 9.13. The summed E-state index contributed by atoms with van der Waals surface area (Å²) in [6, 6.07) is 22.9. The summed E-state index contributed by atoms with van der Waals surface area (Å²) in [5, 5.41) is 16.8. The average molecular weight is 570 g/mol. The Kier molecular flexibility index (Phi) is 6.94. The summed E-state index contributed by atoms with van der Waals surface area (Å²) in [7, 11) is 0. The van der Waals surface area contributed by atoms with Crippen LogP contribution in [-0.4, -0.2) is 49.9 Å². The molecule has 0 aliphatic carbocycles. The van der Waals surface area contributed by atoms with Gasteiger partial charge in [-0.3, -0.25) is 14.4 Å². The van der Waals surface area contributed by atoms with Gasteiger partial charge in [0.15, 0.2) is 0 Å². The summed E-state index contributed by atoms with van der Waals surface area (Å²) in [4.78, 5) is 44.5. The summed E-state index contributed by atoms with van der Waals surface area (Å²) in [5.74, 6) is -2.06. The molecule has 3 fully saturated rings. The highest BCUT2D eigenvalue weighted by Gasteiger charge is 2.77. The van der Waals surface area contributed by atoms with Crippen molar-refractivity contribution >= 4 is 40.9 Å². The van der Waals surface area contributed by atoms with E-state index in [0.717, 1.165) is 16.7 Å². The van der Waals surface area contributed by atoms with Gasteiger partial charge in [0.2, 0.25) is 17.7 Å². The van der Waals surface area contributed by atoms with Crippen molar-refractivity contribution in [3.63, 3.8) is 0 Å². The second-order valence-electron chi connectivity index (χ2n) is 11.7. The van der Waals surface area contributed by atoms with Crippen LogP contribution in [0.4, 0.5) is 11.4 Å². The van der Waals surface area contributed by atoms with E-state index in [2.05, 4.69) is 17.6 Å². The first-order chi connectivity index (χ1) is 19.7. The molecule has 8 heteroatoms. The number of amides is 3. The number of carbonyl (C=O) groups is 3. The summed E-state index contributed by atoms with van der Waals surface area (Å²) in [5.41, 5.74) is 4.06. The van der Waals surface area contributed by atoms with Crippen molar-refractivity contribution in [3.8, 4) is 0 Å². The summed E-state index contributed by atoms with van der Waals surface area (Å²) >= 11 is 1.62. The molecule has 3 saturated heterocycles. The Labute approximate surface area is 244 Å². The van der Waals surface area contributed by atoms with Gasteiger partial charge in [-0.1, -0.05) is 60.7 Å². The number of likely N-dealkylation sites (tertiary alicyclic amines) is 1. The minimum Gasteiger partial charge on any atom is -0.394 e. The van der Waals surface area contributed by atoms with E-state index in [1.807, 2.05) is 92.7 Å². The molecule has 3 heterocycles. The number of nitrogens with zero attached hydrogens (tertiary/aromatic N) is 1. The van der Waals surface area contributed by atoms with E-state index >= 15 is 0 Å². The van der Waals surface area contributed by atoms with Crippen molar-refractivity contribution in [3.05, 3.63) is 95.6 Å². The number of hydrogen-bond donors (Lipinski definition) is 3. The smallest absolute Gasteiger partial charge is 0.248 e. The quantitative estimate of drug-likeness (QED) is 0.368. The van der Waals surface area contributed by atoms with Crippen LogP contribution < -0.4 is 10.6 Å². The Hall–Kier alpha value is -3.62. The summed E-state index contributed by atoms with van der Waals surface area (Å²) in [6.07, 6.45) is 1.35. The number of aliphatic hydroxyl groups excluding tert-OH is 1. The van der Waals surface area contributed by atoms with Gasteiger partial charge in [0.1, 0.15) is 6.04 Å². The lowest BCUT2D eigenvalue weighted by atomic mass is 9.66. The summed E-state index contributed by atoms with van der Waals surface area (Å²) < 4.78 is -1.29. The highest BCUT2D eigenvalue weighted by Crippen LogP contribution is 2.72. The molecule has 2 unspecified atom stereocenters. The Morgan fingerprint density at radius 3 is 2.34 bits per heavy atom. The third-order valence-corrected chi connectivity index (χ3v) is 11.1. The highest BCUT2D eigenvalue weighted by molar-refractivity contribution is 8.02. The summed E-state index contributed by atoms with van der Waals surface area (Å²) in [6.45, 7) is 5.62. The first-order valence-electron chi connectivity index (χ1n) is 14.1. The van der Waals surface area contributed by atoms with E-state index in [-0.39, 0.29) is 24.3 Å². The number of anilines is 2. The zero-order valence-corrected chi connectivity index (χ0v) is 24.3. The molecule has 212 valence electrons. The molecule has 6 atom stereocenters. The zero-order valence-electron chi connectivity index (χ0n) is 23.5. The number of aryl methyl sites for hydroxylation is 2. The van der Waals surface area contributed by atoms with E-state index < -0.39 is 33.4 Å². The Balaban J connectivity index is 1.44. The van der Waals surface area contributed by atoms with Crippen LogP contribution in [0.5, 0.6) is 0 Å². The van der Waals surface area contributed by atoms with E-state index in [9.17, 15) is 19.5 Å². The number of thioether (sulfide) groups is 1. The predicted octanol–water partition coefficient (Wildman–Crippen LogP) is 5.10. The van der Waals surface area contributed by atoms with E-state index in [0.29, 0.717) is 24.2 Å². The van der Waals surface area contributed by atoms with Gasteiger partial charge < -0.3 is 20.6 Å². The van der Waals surface area contributed by atoms with Crippen LogP contribution in [0.1, 0.15) is 42.5 Å². The number of fused-ring (bicyclic) bond motifs is 1. The fourth-order valence-electron chi connectivity index (χ4n) is 7.24. The molecule has 0 radical (unpaired) electrons. The van der Waals surface area contributed by atoms with Gasteiger partial charge in [-0.25, -0.2) is 0 Å². The lowest BCUT2D eigenvalue weighted by Gasteiger charge is -2.37. The van der Waals surface area contributed by atoms with Gasteiger partial charge in [0.05, 0.1) is 29.2 Å². The Bertz CT molecular complexity index is 1500. The normalized spacial score (nSPS) is 28.8. The van der Waals surface area contributed by atoms with Gasteiger partial charge >= 0.3 is 0 Å². The first kappa shape index (κ1) is 27.5. The third kappa shape index (κ3) is 4.44. The molecule has 6 rings (SSSR count). The van der Waals surface area contributed by atoms with Crippen molar-refractivity contribution in [1.82, 2.24) is 4.90 Å². The van der Waals surface area contributed by atoms with Crippen LogP contribution in [0.2, 0.25) is 0 Å².